The summed E-state index contributed by atoms with van der Waals surface area (Å²) in [7, 11) is 2.19. The third-order valence-electron chi connectivity index (χ3n) is 3.65. The van der Waals surface area contributed by atoms with Crippen molar-refractivity contribution in [1.29, 1.82) is 0 Å². The summed E-state index contributed by atoms with van der Waals surface area (Å²) in [4.78, 5) is 16.3. The Morgan fingerprint density at radius 1 is 1.35 bits per heavy atom. The van der Waals surface area contributed by atoms with Crippen LogP contribution in [0.3, 0.4) is 0 Å². The summed E-state index contributed by atoms with van der Waals surface area (Å²) in [5, 5.41) is 0. The largest absolute Gasteiger partial charge is 0.341 e. The molecule has 1 aliphatic rings. The molecule has 0 radical (unpaired) electrons. The molecule has 1 heterocycles. The van der Waals surface area contributed by atoms with Crippen LogP contribution in [0, 0.1) is 11.8 Å². The predicted octanol–water partition coefficient (Wildman–Crippen LogP) is 2.22. The molecule has 0 spiro atoms. The van der Waals surface area contributed by atoms with Gasteiger partial charge in [-0.15, -0.1) is 0 Å². The molecule has 17 heavy (non-hydrogen) atoms. The Kier molecular flexibility index (Phi) is 5.44. The zero-order chi connectivity index (χ0) is 13.0. The second kappa shape index (κ2) is 6.39. The molecule has 100 valence electrons. The minimum absolute atomic E-state index is 0.134. The minimum Gasteiger partial charge on any atom is -0.341 e. The van der Waals surface area contributed by atoms with E-state index >= 15 is 0 Å². The first-order valence-electron chi connectivity index (χ1n) is 6.90. The van der Waals surface area contributed by atoms with Gasteiger partial charge in [-0.05, 0) is 32.4 Å². The van der Waals surface area contributed by atoms with E-state index in [2.05, 4.69) is 25.8 Å². The van der Waals surface area contributed by atoms with Gasteiger partial charge >= 0.3 is 0 Å². The number of likely N-dealkylation sites (tertiary alicyclic amines) is 1. The normalized spacial score (nSPS) is 20.9. The lowest BCUT2D eigenvalue weighted by Gasteiger charge is -2.25. The van der Waals surface area contributed by atoms with E-state index in [0.29, 0.717) is 11.9 Å². The zero-order valence-corrected chi connectivity index (χ0v) is 12.1. The topological polar surface area (TPSA) is 23.6 Å². The van der Waals surface area contributed by atoms with Crippen molar-refractivity contribution < 1.29 is 4.79 Å². The third kappa shape index (κ3) is 4.30. The Morgan fingerprint density at radius 3 is 2.53 bits per heavy atom. The van der Waals surface area contributed by atoms with Gasteiger partial charge in [0.05, 0.1) is 0 Å². The van der Waals surface area contributed by atoms with E-state index in [4.69, 9.17) is 0 Å². The molecule has 0 aromatic rings. The average Bonchev–Trinajstić information content (AvgIpc) is 2.73. The van der Waals surface area contributed by atoms with E-state index in [9.17, 15) is 4.79 Å². The third-order valence-corrected chi connectivity index (χ3v) is 3.65. The number of carbonyl (C=O) groups excluding carboxylic acids is 1. The van der Waals surface area contributed by atoms with Crippen molar-refractivity contribution in [3.8, 4) is 0 Å². The van der Waals surface area contributed by atoms with Crippen molar-refractivity contribution >= 4 is 5.91 Å². The Hall–Kier alpha value is -0.570. The first kappa shape index (κ1) is 14.5. The zero-order valence-electron chi connectivity index (χ0n) is 12.1. The van der Waals surface area contributed by atoms with Crippen LogP contribution in [-0.2, 0) is 4.79 Å². The molecule has 3 heteroatoms. The monoisotopic (exact) mass is 240 g/mol. The highest BCUT2D eigenvalue weighted by Crippen LogP contribution is 2.17. The van der Waals surface area contributed by atoms with E-state index in [1.807, 2.05) is 18.7 Å². The van der Waals surface area contributed by atoms with Crippen LogP contribution in [0.2, 0.25) is 0 Å². The first-order valence-corrected chi connectivity index (χ1v) is 6.90. The van der Waals surface area contributed by atoms with E-state index in [-0.39, 0.29) is 5.92 Å². The molecule has 1 fully saturated rings. The van der Waals surface area contributed by atoms with Crippen LogP contribution >= 0.6 is 0 Å². The van der Waals surface area contributed by atoms with Crippen LogP contribution in [0.15, 0.2) is 0 Å². The lowest BCUT2D eigenvalue weighted by molar-refractivity contribution is -0.133. The van der Waals surface area contributed by atoms with Crippen molar-refractivity contribution in [3.63, 3.8) is 0 Å². The number of hydrogen-bond acceptors (Lipinski definition) is 2. The van der Waals surface area contributed by atoms with Gasteiger partial charge in [0.25, 0.3) is 0 Å². The van der Waals surface area contributed by atoms with Crippen LogP contribution < -0.4 is 0 Å². The summed E-state index contributed by atoms with van der Waals surface area (Å²) in [5.74, 6) is 1.20. The summed E-state index contributed by atoms with van der Waals surface area (Å²) in [6.07, 6.45) is 2.37. The van der Waals surface area contributed by atoms with E-state index in [0.717, 1.165) is 32.0 Å². The van der Waals surface area contributed by atoms with Gasteiger partial charge in [0.2, 0.25) is 5.91 Å². The first-order chi connectivity index (χ1) is 7.91. The smallest absolute Gasteiger partial charge is 0.225 e. The molecule has 0 unspecified atom stereocenters. The fourth-order valence-corrected chi connectivity index (χ4v) is 2.31. The minimum atomic E-state index is 0.134. The Labute approximate surface area is 106 Å². The summed E-state index contributed by atoms with van der Waals surface area (Å²) >= 11 is 0. The molecule has 1 amide bonds. The van der Waals surface area contributed by atoms with Gasteiger partial charge in [0.15, 0.2) is 0 Å². The highest BCUT2D eigenvalue weighted by Gasteiger charge is 2.29. The Morgan fingerprint density at radius 2 is 2.00 bits per heavy atom. The van der Waals surface area contributed by atoms with Crippen LogP contribution in [0.5, 0.6) is 0 Å². The van der Waals surface area contributed by atoms with Crippen molar-refractivity contribution in [1.82, 2.24) is 9.80 Å². The maximum atomic E-state index is 11.9. The van der Waals surface area contributed by atoms with Crippen LogP contribution in [0.25, 0.3) is 0 Å². The van der Waals surface area contributed by atoms with E-state index in [1.165, 1.54) is 6.42 Å². The van der Waals surface area contributed by atoms with Crippen LogP contribution in [0.1, 0.15) is 40.5 Å². The van der Waals surface area contributed by atoms with E-state index < -0.39 is 0 Å². The molecular formula is C14H28N2O. The van der Waals surface area contributed by atoms with E-state index in [1.54, 1.807) is 0 Å². The van der Waals surface area contributed by atoms with Crippen molar-refractivity contribution in [2.45, 2.75) is 46.6 Å². The second-order valence-corrected chi connectivity index (χ2v) is 6.04. The molecule has 0 aromatic carbocycles. The van der Waals surface area contributed by atoms with Gasteiger partial charge in [-0.1, -0.05) is 27.7 Å². The molecular weight excluding hydrogens is 212 g/mol. The van der Waals surface area contributed by atoms with Gasteiger partial charge in [-0.2, -0.15) is 0 Å². The molecule has 1 atom stereocenters. The number of hydrogen-bond donors (Lipinski definition) is 0. The average molecular weight is 240 g/mol. The SMILES string of the molecule is CC(C)CCN(C)[C@@H]1CCN(C(=O)C(C)C)C1. The van der Waals surface area contributed by atoms with Crippen LogP contribution in [0.4, 0.5) is 0 Å². The molecule has 1 saturated heterocycles. The lowest BCUT2D eigenvalue weighted by Crippen LogP contribution is -2.38. The Bertz CT molecular complexity index is 251. The van der Waals surface area contributed by atoms with Gasteiger partial charge < -0.3 is 9.80 Å². The standard InChI is InChI=1S/C14H28N2O/c1-11(2)6-8-15(5)13-7-9-16(10-13)14(17)12(3)4/h11-13H,6-10H2,1-5H3/t13-/m1/s1. The highest BCUT2D eigenvalue weighted by atomic mass is 16.2. The van der Waals surface area contributed by atoms with Gasteiger partial charge in [-0.3, -0.25) is 4.79 Å². The fraction of sp³-hybridized carbons (Fsp3) is 0.929. The number of rotatable bonds is 5. The molecule has 0 aromatic heterocycles. The molecule has 1 aliphatic heterocycles. The van der Waals surface area contributed by atoms with Crippen LogP contribution in [-0.4, -0.2) is 48.4 Å². The fourth-order valence-electron chi connectivity index (χ4n) is 2.31. The molecule has 0 aliphatic carbocycles. The predicted molar refractivity (Wildman–Crippen MR) is 71.9 cm³/mol. The molecule has 1 rings (SSSR count). The maximum Gasteiger partial charge on any atom is 0.225 e. The van der Waals surface area contributed by atoms with Gasteiger partial charge in [-0.25, -0.2) is 0 Å². The quantitative estimate of drug-likeness (QED) is 0.735. The molecule has 0 bridgehead atoms. The number of likely N-dealkylation sites (N-methyl/N-ethyl adjacent to an activating group) is 1. The van der Waals surface area contributed by atoms with Gasteiger partial charge in [0.1, 0.15) is 0 Å². The molecule has 0 N–H and O–H groups in total. The lowest BCUT2D eigenvalue weighted by atomic mass is 10.1. The maximum absolute atomic E-state index is 11.9. The number of carbonyl (C=O) groups is 1. The molecule has 3 nitrogen and oxygen atoms in total. The van der Waals surface area contributed by atoms with Crippen molar-refractivity contribution in [3.05, 3.63) is 0 Å². The second-order valence-electron chi connectivity index (χ2n) is 6.04. The number of nitrogens with zero attached hydrogens (tertiary/aromatic N) is 2. The van der Waals surface area contributed by atoms with Crippen molar-refractivity contribution in [2.24, 2.45) is 11.8 Å². The summed E-state index contributed by atoms with van der Waals surface area (Å²) < 4.78 is 0. The summed E-state index contributed by atoms with van der Waals surface area (Å²) in [6, 6.07) is 0.566. The number of amides is 1. The Balaban J connectivity index is 2.36. The summed E-state index contributed by atoms with van der Waals surface area (Å²) in [5.41, 5.74) is 0. The van der Waals surface area contributed by atoms with Crippen molar-refractivity contribution in [2.75, 3.05) is 26.7 Å². The molecule has 0 saturated carbocycles. The highest BCUT2D eigenvalue weighted by molar-refractivity contribution is 5.78. The van der Waals surface area contributed by atoms with Gasteiger partial charge in [0, 0.05) is 25.0 Å². The summed E-state index contributed by atoms with van der Waals surface area (Å²) in [6.45, 7) is 11.5.